The summed E-state index contributed by atoms with van der Waals surface area (Å²) >= 11 is 0. The molecule has 2 rings (SSSR count). The van der Waals surface area contributed by atoms with Crippen LogP contribution in [0, 0.1) is 5.82 Å². The van der Waals surface area contributed by atoms with Gasteiger partial charge in [0.1, 0.15) is 10.7 Å². The lowest BCUT2D eigenvalue weighted by molar-refractivity contribution is 0.258. The molecule has 0 saturated carbocycles. The molecule has 5 nitrogen and oxygen atoms in total. The molecule has 0 aliphatic heterocycles. The monoisotopic (exact) mass is 310 g/mol. The number of nitrogens with two attached hydrogens (primary N) is 1. The first-order chi connectivity index (χ1) is 9.94. The fourth-order valence-corrected chi connectivity index (χ4v) is 3.16. The van der Waals surface area contributed by atoms with Crippen molar-refractivity contribution in [2.75, 3.05) is 12.3 Å². The molecule has 0 bridgehead atoms. The van der Waals surface area contributed by atoms with Gasteiger partial charge in [0.15, 0.2) is 0 Å². The van der Waals surface area contributed by atoms with Gasteiger partial charge < -0.3 is 10.8 Å². The molecule has 2 aromatic carbocycles. The highest BCUT2D eigenvalue weighted by Crippen LogP contribution is 2.20. The summed E-state index contributed by atoms with van der Waals surface area (Å²) < 4.78 is 40.4. The number of benzene rings is 2. The third-order valence-corrected chi connectivity index (χ3v) is 4.43. The Morgan fingerprint density at radius 2 is 1.86 bits per heavy atom. The molecule has 0 aliphatic rings. The van der Waals surface area contributed by atoms with Crippen molar-refractivity contribution in [1.29, 1.82) is 0 Å². The van der Waals surface area contributed by atoms with E-state index in [1.54, 1.807) is 30.3 Å². The molecule has 1 atom stereocenters. The van der Waals surface area contributed by atoms with E-state index in [1.165, 1.54) is 6.07 Å². The average Bonchev–Trinajstić information content (AvgIpc) is 2.45. The van der Waals surface area contributed by atoms with E-state index in [1.807, 2.05) is 0 Å². The molecule has 7 heteroatoms. The van der Waals surface area contributed by atoms with Gasteiger partial charge in [-0.15, -0.1) is 0 Å². The van der Waals surface area contributed by atoms with Crippen LogP contribution in [0.5, 0.6) is 0 Å². The Kier molecular flexibility index (Phi) is 4.56. The van der Waals surface area contributed by atoms with Crippen LogP contribution >= 0.6 is 0 Å². The third-order valence-electron chi connectivity index (χ3n) is 2.93. The Morgan fingerprint density at radius 1 is 1.19 bits per heavy atom. The zero-order valence-corrected chi connectivity index (χ0v) is 11.8. The number of hydrogen-bond donors (Lipinski definition) is 3. The van der Waals surface area contributed by atoms with Gasteiger partial charge in [-0.2, -0.15) is 0 Å². The standard InChI is InChI=1S/C14H15FN2O3S/c15-12-8-11(16)6-7-14(12)21(19,20)17-13(9-18)10-4-2-1-3-5-10/h1-8,13,17-18H,9,16H2/t13-/m1/s1. The van der Waals surface area contributed by atoms with Crippen LogP contribution < -0.4 is 10.5 Å². The van der Waals surface area contributed by atoms with E-state index in [0.717, 1.165) is 12.1 Å². The number of halogens is 1. The number of anilines is 1. The van der Waals surface area contributed by atoms with Crippen molar-refractivity contribution >= 4 is 15.7 Å². The van der Waals surface area contributed by atoms with E-state index < -0.39 is 33.4 Å². The summed E-state index contributed by atoms with van der Waals surface area (Å²) in [6, 6.07) is 11.0. The highest BCUT2D eigenvalue weighted by Gasteiger charge is 2.23. The van der Waals surface area contributed by atoms with Crippen LogP contribution in [0.25, 0.3) is 0 Å². The van der Waals surface area contributed by atoms with Gasteiger partial charge in [0.2, 0.25) is 10.0 Å². The predicted octanol–water partition coefficient (Wildman–Crippen LogP) is 1.42. The molecule has 2 aromatic rings. The van der Waals surface area contributed by atoms with Gasteiger partial charge in [0.05, 0.1) is 12.6 Å². The second-order valence-electron chi connectivity index (χ2n) is 4.46. The van der Waals surface area contributed by atoms with Crippen molar-refractivity contribution < 1.29 is 17.9 Å². The molecule has 4 N–H and O–H groups in total. The predicted molar refractivity (Wildman–Crippen MR) is 77.4 cm³/mol. The molecule has 0 amide bonds. The molecule has 112 valence electrons. The molecule has 0 fully saturated rings. The lowest BCUT2D eigenvalue weighted by Crippen LogP contribution is -2.31. The maximum absolute atomic E-state index is 13.7. The normalized spacial score (nSPS) is 13.0. The third kappa shape index (κ3) is 3.57. The second kappa shape index (κ2) is 6.21. The highest BCUT2D eigenvalue weighted by atomic mass is 32.2. The van der Waals surface area contributed by atoms with Crippen LogP contribution in [0.2, 0.25) is 0 Å². The maximum Gasteiger partial charge on any atom is 0.244 e. The fraction of sp³-hybridized carbons (Fsp3) is 0.143. The summed E-state index contributed by atoms with van der Waals surface area (Å²) in [4.78, 5) is -0.508. The molecule has 0 spiro atoms. The van der Waals surface area contributed by atoms with Crippen LogP contribution in [0.3, 0.4) is 0 Å². The largest absolute Gasteiger partial charge is 0.399 e. The van der Waals surface area contributed by atoms with Crippen molar-refractivity contribution in [2.24, 2.45) is 0 Å². The van der Waals surface area contributed by atoms with Gasteiger partial charge in [-0.3, -0.25) is 0 Å². The fourth-order valence-electron chi connectivity index (χ4n) is 1.88. The topological polar surface area (TPSA) is 92.4 Å². The quantitative estimate of drug-likeness (QED) is 0.728. The summed E-state index contributed by atoms with van der Waals surface area (Å²) in [6.07, 6.45) is 0. The Morgan fingerprint density at radius 3 is 2.43 bits per heavy atom. The molecular weight excluding hydrogens is 295 g/mol. The van der Waals surface area contributed by atoms with Crippen molar-refractivity contribution in [3.8, 4) is 0 Å². The van der Waals surface area contributed by atoms with Gasteiger partial charge >= 0.3 is 0 Å². The number of sulfonamides is 1. The van der Waals surface area contributed by atoms with Gasteiger partial charge in [-0.1, -0.05) is 30.3 Å². The molecule has 0 saturated heterocycles. The molecular formula is C14H15FN2O3S. The van der Waals surface area contributed by atoms with Crippen molar-refractivity contribution in [2.45, 2.75) is 10.9 Å². The molecule has 0 aliphatic carbocycles. The minimum atomic E-state index is -4.11. The number of nitrogen functional groups attached to an aromatic ring is 1. The number of hydrogen-bond acceptors (Lipinski definition) is 4. The summed E-state index contributed by atoms with van der Waals surface area (Å²) in [7, 11) is -4.11. The lowest BCUT2D eigenvalue weighted by atomic mass is 10.1. The summed E-state index contributed by atoms with van der Waals surface area (Å²) in [5.74, 6) is -0.938. The van der Waals surface area contributed by atoms with E-state index in [-0.39, 0.29) is 5.69 Å². The van der Waals surface area contributed by atoms with Crippen LogP contribution in [0.1, 0.15) is 11.6 Å². The van der Waals surface area contributed by atoms with Crippen LogP contribution in [0.15, 0.2) is 53.4 Å². The van der Waals surface area contributed by atoms with Crippen molar-refractivity contribution in [3.05, 3.63) is 59.9 Å². The van der Waals surface area contributed by atoms with E-state index in [9.17, 15) is 17.9 Å². The Labute approximate surface area is 122 Å². The summed E-state index contributed by atoms with van der Waals surface area (Å²) in [5, 5.41) is 9.36. The van der Waals surface area contributed by atoms with Crippen molar-refractivity contribution in [1.82, 2.24) is 4.72 Å². The molecule has 0 radical (unpaired) electrons. The Bertz CT molecular complexity index is 720. The minimum Gasteiger partial charge on any atom is -0.399 e. The average molecular weight is 310 g/mol. The number of aliphatic hydroxyl groups is 1. The zero-order valence-electron chi connectivity index (χ0n) is 11.0. The maximum atomic E-state index is 13.7. The van der Waals surface area contributed by atoms with Gasteiger partial charge in [0, 0.05) is 5.69 Å². The molecule has 0 unspecified atom stereocenters. The first kappa shape index (κ1) is 15.4. The number of aliphatic hydroxyl groups excluding tert-OH is 1. The summed E-state index contributed by atoms with van der Waals surface area (Å²) in [5.41, 5.74) is 6.11. The minimum absolute atomic E-state index is 0.133. The smallest absolute Gasteiger partial charge is 0.244 e. The van der Waals surface area contributed by atoms with E-state index in [2.05, 4.69) is 4.72 Å². The molecule has 0 aromatic heterocycles. The number of nitrogens with one attached hydrogen (secondary N) is 1. The number of rotatable bonds is 5. The van der Waals surface area contributed by atoms with Crippen molar-refractivity contribution in [3.63, 3.8) is 0 Å². The van der Waals surface area contributed by atoms with Gasteiger partial charge in [-0.05, 0) is 23.8 Å². The second-order valence-corrected chi connectivity index (χ2v) is 6.14. The summed E-state index contributed by atoms with van der Waals surface area (Å²) in [6.45, 7) is -0.445. The van der Waals surface area contributed by atoms with Crippen LogP contribution in [0.4, 0.5) is 10.1 Å². The Balaban J connectivity index is 2.32. The SMILES string of the molecule is Nc1ccc(S(=O)(=O)N[C@H](CO)c2ccccc2)c(F)c1. The zero-order chi connectivity index (χ0) is 15.5. The van der Waals surface area contributed by atoms with E-state index >= 15 is 0 Å². The van der Waals surface area contributed by atoms with E-state index in [4.69, 9.17) is 5.73 Å². The highest BCUT2D eigenvalue weighted by molar-refractivity contribution is 7.89. The van der Waals surface area contributed by atoms with Crippen LogP contribution in [-0.2, 0) is 10.0 Å². The van der Waals surface area contributed by atoms with E-state index in [0.29, 0.717) is 5.56 Å². The lowest BCUT2D eigenvalue weighted by Gasteiger charge is -2.17. The first-order valence-electron chi connectivity index (χ1n) is 6.17. The first-order valence-corrected chi connectivity index (χ1v) is 7.65. The molecule has 21 heavy (non-hydrogen) atoms. The molecule has 0 heterocycles. The van der Waals surface area contributed by atoms with Crippen LogP contribution in [-0.4, -0.2) is 20.1 Å². The van der Waals surface area contributed by atoms with Gasteiger partial charge in [-0.25, -0.2) is 17.5 Å². The van der Waals surface area contributed by atoms with Gasteiger partial charge in [0.25, 0.3) is 0 Å². The Hall–Kier alpha value is -1.96.